The fourth-order valence-corrected chi connectivity index (χ4v) is 1.78. The molecule has 2 rings (SSSR count). The second kappa shape index (κ2) is 4.55. The summed E-state index contributed by atoms with van der Waals surface area (Å²) in [5.74, 6) is -0.284. The van der Waals surface area contributed by atoms with Gasteiger partial charge in [-0.2, -0.15) is 5.10 Å². The molecular formula is C11H11ClN4O. The van der Waals surface area contributed by atoms with Gasteiger partial charge in [0.05, 0.1) is 23.1 Å². The van der Waals surface area contributed by atoms with E-state index in [1.165, 1.54) is 4.68 Å². The molecule has 5 nitrogen and oxygen atoms in total. The van der Waals surface area contributed by atoms with Gasteiger partial charge in [0.25, 0.3) is 5.91 Å². The van der Waals surface area contributed by atoms with Gasteiger partial charge in [-0.15, -0.1) is 0 Å². The first-order valence-electron chi connectivity index (χ1n) is 5.00. The molecule has 2 aromatic heterocycles. The normalized spacial score (nSPS) is 10.3. The van der Waals surface area contributed by atoms with Crippen molar-refractivity contribution in [1.29, 1.82) is 0 Å². The summed E-state index contributed by atoms with van der Waals surface area (Å²) in [4.78, 5) is 15.9. The second-order valence-electron chi connectivity index (χ2n) is 3.57. The van der Waals surface area contributed by atoms with Crippen molar-refractivity contribution < 1.29 is 4.79 Å². The van der Waals surface area contributed by atoms with Crippen LogP contribution in [0.15, 0.2) is 24.5 Å². The first kappa shape index (κ1) is 11.6. The van der Waals surface area contributed by atoms with Crippen molar-refractivity contribution in [2.45, 2.75) is 6.92 Å². The molecular weight excluding hydrogens is 240 g/mol. The standard InChI is InChI=1S/C11H11ClN4O/c1-7-9(10(12)16(2)15-7)11(17)14-8-4-3-5-13-6-8/h3-6H,1-2H3,(H,14,17). The van der Waals surface area contributed by atoms with E-state index in [0.29, 0.717) is 22.1 Å². The Morgan fingerprint density at radius 2 is 2.29 bits per heavy atom. The predicted octanol–water partition coefficient (Wildman–Crippen LogP) is 2.03. The minimum Gasteiger partial charge on any atom is -0.320 e. The topological polar surface area (TPSA) is 59.8 Å². The lowest BCUT2D eigenvalue weighted by Crippen LogP contribution is -2.13. The summed E-state index contributed by atoms with van der Waals surface area (Å²) in [5.41, 5.74) is 1.61. The van der Waals surface area contributed by atoms with Crippen LogP contribution in [0.4, 0.5) is 5.69 Å². The number of halogens is 1. The van der Waals surface area contributed by atoms with Gasteiger partial charge in [-0.05, 0) is 19.1 Å². The average Bonchev–Trinajstić information content (AvgIpc) is 2.54. The molecule has 2 heterocycles. The van der Waals surface area contributed by atoms with Gasteiger partial charge in [0, 0.05) is 13.2 Å². The Morgan fingerprint density at radius 1 is 1.53 bits per heavy atom. The zero-order valence-electron chi connectivity index (χ0n) is 9.44. The van der Waals surface area contributed by atoms with Crippen LogP contribution < -0.4 is 5.32 Å². The second-order valence-corrected chi connectivity index (χ2v) is 3.93. The third kappa shape index (κ3) is 2.29. The van der Waals surface area contributed by atoms with E-state index in [2.05, 4.69) is 15.4 Å². The van der Waals surface area contributed by atoms with E-state index in [1.807, 2.05) is 0 Å². The van der Waals surface area contributed by atoms with E-state index in [1.54, 1.807) is 38.5 Å². The largest absolute Gasteiger partial charge is 0.320 e. The molecule has 0 aliphatic rings. The molecule has 0 saturated carbocycles. The van der Waals surface area contributed by atoms with Crippen molar-refractivity contribution in [1.82, 2.24) is 14.8 Å². The zero-order chi connectivity index (χ0) is 12.4. The van der Waals surface area contributed by atoms with Gasteiger partial charge in [0.2, 0.25) is 0 Å². The summed E-state index contributed by atoms with van der Waals surface area (Å²) in [6.07, 6.45) is 3.20. The van der Waals surface area contributed by atoms with Gasteiger partial charge in [0.1, 0.15) is 5.15 Å². The van der Waals surface area contributed by atoms with Crippen LogP contribution >= 0.6 is 11.6 Å². The van der Waals surface area contributed by atoms with Gasteiger partial charge < -0.3 is 5.32 Å². The van der Waals surface area contributed by atoms with Crippen LogP contribution in [0, 0.1) is 6.92 Å². The quantitative estimate of drug-likeness (QED) is 0.887. The van der Waals surface area contributed by atoms with Gasteiger partial charge in [-0.25, -0.2) is 0 Å². The van der Waals surface area contributed by atoms with Crippen LogP contribution in [0.2, 0.25) is 5.15 Å². The molecule has 17 heavy (non-hydrogen) atoms. The number of nitrogens with zero attached hydrogens (tertiary/aromatic N) is 3. The number of amides is 1. The molecule has 88 valence electrons. The van der Waals surface area contributed by atoms with Crippen LogP contribution in [0.25, 0.3) is 0 Å². The van der Waals surface area contributed by atoms with Gasteiger partial charge in [-0.3, -0.25) is 14.5 Å². The van der Waals surface area contributed by atoms with E-state index >= 15 is 0 Å². The maximum absolute atomic E-state index is 12.0. The van der Waals surface area contributed by atoms with Crippen molar-refractivity contribution in [3.8, 4) is 0 Å². The van der Waals surface area contributed by atoms with Crippen LogP contribution in [0.1, 0.15) is 16.1 Å². The maximum Gasteiger partial charge on any atom is 0.260 e. The minimum absolute atomic E-state index is 0.284. The molecule has 0 bridgehead atoms. The van der Waals surface area contributed by atoms with Crippen LogP contribution in [0.5, 0.6) is 0 Å². The molecule has 0 radical (unpaired) electrons. The zero-order valence-corrected chi connectivity index (χ0v) is 10.2. The Labute approximate surface area is 103 Å². The van der Waals surface area contributed by atoms with E-state index in [4.69, 9.17) is 11.6 Å². The summed E-state index contributed by atoms with van der Waals surface area (Å²) in [7, 11) is 1.69. The Morgan fingerprint density at radius 3 is 2.82 bits per heavy atom. The van der Waals surface area contributed by atoms with Crippen molar-refractivity contribution in [3.05, 3.63) is 40.9 Å². The molecule has 0 aliphatic carbocycles. The number of pyridine rings is 1. The highest BCUT2D eigenvalue weighted by Crippen LogP contribution is 2.19. The number of aromatic nitrogens is 3. The molecule has 0 saturated heterocycles. The number of rotatable bonds is 2. The lowest BCUT2D eigenvalue weighted by molar-refractivity contribution is 0.102. The highest BCUT2D eigenvalue weighted by Gasteiger charge is 2.18. The van der Waals surface area contributed by atoms with Crippen molar-refractivity contribution in [3.63, 3.8) is 0 Å². The smallest absolute Gasteiger partial charge is 0.260 e. The summed E-state index contributed by atoms with van der Waals surface area (Å²) in [6.45, 7) is 1.74. The summed E-state index contributed by atoms with van der Waals surface area (Å²) < 4.78 is 1.47. The summed E-state index contributed by atoms with van der Waals surface area (Å²) in [6, 6.07) is 3.50. The number of carbonyl (C=O) groups excluding carboxylic acids is 1. The fraction of sp³-hybridized carbons (Fsp3) is 0.182. The lowest BCUT2D eigenvalue weighted by atomic mass is 10.2. The number of aryl methyl sites for hydroxylation is 2. The Balaban J connectivity index is 2.27. The Hall–Kier alpha value is -1.88. The summed E-state index contributed by atoms with van der Waals surface area (Å²) >= 11 is 6.00. The molecule has 6 heteroatoms. The van der Waals surface area contributed by atoms with E-state index < -0.39 is 0 Å². The molecule has 2 aromatic rings. The Kier molecular flexibility index (Phi) is 3.10. The van der Waals surface area contributed by atoms with E-state index in [9.17, 15) is 4.79 Å². The van der Waals surface area contributed by atoms with E-state index in [-0.39, 0.29) is 5.91 Å². The highest BCUT2D eigenvalue weighted by atomic mass is 35.5. The fourth-order valence-electron chi connectivity index (χ4n) is 1.52. The van der Waals surface area contributed by atoms with Crippen molar-refractivity contribution in [2.24, 2.45) is 7.05 Å². The van der Waals surface area contributed by atoms with E-state index in [0.717, 1.165) is 0 Å². The molecule has 0 aromatic carbocycles. The molecule has 1 amide bonds. The number of hydrogen-bond donors (Lipinski definition) is 1. The van der Waals surface area contributed by atoms with Crippen molar-refractivity contribution >= 4 is 23.2 Å². The third-order valence-electron chi connectivity index (χ3n) is 2.30. The van der Waals surface area contributed by atoms with Crippen LogP contribution in [-0.4, -0.2) is 20.7 Å². The number of carbonyl (C=O) groups is 1. The van der Waals surface area contributed by atoms with Gasteiger partial charge in [0.15, 0.2) is 0 Å². The first-order valence-corrected chi connectivity index (χ1v) is 5.38. The number of nitrogens with one attached hydrogen (secondary N) is 1. The number of anilines is 1. The van der Waals surface area contributed by atoms with Crippen LogP contribution in [-0.2, 0) is 7.05 Å². The maximum atomic E-state index is 12.0. The molecule has 0 atom stereocenters. The Bertz CT molecular complexity index is 550. The molecule has 0 unspecified atom stereocenters. The molecule has 0 spiro atoms. The van der Waals surface area contributed by atoms with Crippen molar-refractivity contribution in [2.75, 3.05) is 5.32 Å². The van der Waals surface area contributed by atoms with Gasteiger partial charge >= 0.3 is 0 Å². The molecule has 0 aliphatic heterocycles. The third-order valence-corrected chi connectivity index (χ3v) is 2.73. The average molecular weight is 251 g/mol. The first-order chi connectivity index (χ1) is 8.09. The molecule has 1 N–H and O–H groups in total. The minimum atomic E-state index is -0.284. The lowest BCUT2D eigenvalue weighted by Gasteiger charge is -2.03. The molecule has 0 fully saturated rings. The monoisotopic (exact) mass is 250 g/mol. The highest BCUT2D eigenvalue weighted by molar-refractivity contribution is 6.33. The van der Waals surface area contributed by atoms with Crippen LogP contribution in [0.3, 0.4) is 0 Å². The van der Waals surface area contributed by atoms with Gasteiger partial charge in [-0.1, -0.05) is 11.6 Å². The SMILES string of the molecule is Cc1nn(C)c(Cl)c1C(=O)Nc1cccnc1. The summed E-state index contributed by atoms with van der Waals surface area (Å²) in [5, 5.41) is 7.12. The predicted molar refractivity (Wildman–Crippen MR) is 65.1 cm³/mol. The number of hydrogen-bond acceptors (Lipinski definition) is 3.